The minimum absolute atomic E-state index is 0.287. The summed E-state index contributed by atoms with van der Waals surface area (Å²) >= 11 is 0. The normalized spacial score (nSPS) is 20.5. The molecule has 1 fully saturated rings. The van der Waals surface area contributed by atoms with Crippen LogP contribution in [0, 0.1) is 5.92 Å². The summed E-state index contributed by atoms with van der Waals surface area (Å²) in [5.74, 6) is -2.96. The molecule has 0 saturated carbocycles. The predicted octanol–water partition coefficient (Wildman–Crippen LogP) is 0.261. The summed E-state index contributed by atoms with van der Waals surface area (Å²) in [6.07, 6.45) is 0.320. The van der Waals surface area contributed by atoms with E-state index in [1.54, 1.807) is 20.8 Å². The maximum absolute atomic E-state index is 11.7. The summed E-state index contributed by atoms with van der Waals surface area (Å²) in [6, 6.07) is 0. The lowest BCUT2D eigenvalue weighted by Gasteiger charge is -2.21. The van der Waals surface area contributed by atoms with Crippen molar-refractivity contribution in [1.82, 2.24) is 4.90 Å². The maximum Gasteiger partial charge on any atom is 0.323 e. The summed E-state index contributed by atoms with van der Waals surface area (Å²) in [5.41, 5.74) is -0.641. The number of esters is 1. The molecule has 1 aliphatic rings. The van der Waals surface area contributed by atoms with Crippen molar-refractivity contribution >= 4 is 17.8 Å². The minimum Gasteiger partial charge on any atom is -0.480 e. The third-order valence-corrected chi connectivity index (χ3v) is 2.31. The van der Waals surface area contributed by atoms with Crippen molar-refractivity contribution in [3.63, 3.8) is 0 Å². The van der Waals surface area contributed by atoms with E-state index in [-0.39, 0.29) is 13.1 Å². The van der Waals surface area contributed by atoms with Crippen LogP contribution in [0.5, 0.6) is 0 Å². The summed E-state index contributed by atoms with van der Waals surface area (Å²) in [4.78, 5) is 35.1. The number of carboxylic acid groups (broad SMARTS) is 1. The lowest BCUT2D eigenvalue weighted by atomic mass is 10.1. The van der Waals surface area contributed by atoms with E-state index in [0.29, 0.717) is 6.42 Å². The molecular weight excluding hydrogens is 226 g/mol. The van der Waals surface area contributed by atoms with Gasteiger partial charge in [-0.05, 0) is 27.2 Å². The molecule has 0 aromatic carbocycles. The highest BCUT2D eigenvalue weighted by atomic mass is 16.6. The van der Waals surface area contributed by atoms with Gasteiger partial charge in [-0.25, -0.2) is 0 Å². The molecule has 17 heavy (non-hydrogen) atoms. The van der Waals surface area contributed by atoms with Gasteiger partial charge >= 0.3 is 11.9 Å². The molecule has 0 radical (unpaired) electrons. The summed E-state index contributed by atoms with van der Waals surface area (Å²) < 4.78 is 5.11. The SMILES string of the molecule is CC(C)(C)OC(=O)C1CCN(CC(=O)O)C1=O. The maximum atomic E-state index is 11.7. The highest BCUT2D eigenvalue weighted by Crippen LogP contribution is 2.21. The first kappa shape index (κ1) is 13.5. The Balaban J connectivity index is 2.61. The van der Waals surface area contributed by atoms with Crippen LogP contribution in [0.2, 0.25) is 0 Å². The van der Waals surface area contributed by atoms with Crippen LogP contribution in [-0.4, -0.2) is 46.5 Å². The fourth-order valence-electron chi connectivity index (χ4n) is 1.65. The molecule has 0 bridgehead atoms. The molecule has 0 aliphatic carbocycles. The Kier molecular flexibility index (Phi) is 3.75. The Bertz CT molecular complexity index is 344. The zero-order valence-corrected chi connectivity index (χ0v) is 10.2. The van der Waals surface area contributed by atoms with Crippen LogP contribution in [-0.2, 0) is 19.1 Å². The van der Waals surface area contributed by atoms with E-state index in [1.165, 1.54) is 0 Å². The Morgan fingerprint density at radius 1 is 1.47 bits per heavy atom. The van der Waals surface area contributed by atoms with Gasteiger partial charge < -0.3 is 14.7 Å². The molecule has 1 atom stereocenters. The molecule has 1 unspecified atom stereocenters. The molecule has 0 spiro atoms. The average Bonchev–Trinajstić information content (AvgIpc) is 2.44. The van der Waals surface area contributed by atoms with Gasteiger partial charge in [0.15, 0.2) is 0 Å². The van der Waals surface area contributed by atoms with Crippen LogP contribution in [0.25, 0.3) is 0 Å². The summed E-state index contributed by atoms with van der Waals surface area (Å²) in [6.45, 7) is 5.09. The number of carbonyl (C=O) groups excluding carboxylic acids is 2. The van der Waals surface area contributed by atoms with Gasteiger partial charge in [0, 0.05) is 6.54 Å². The van der Waals surface area contributed by atoms with E-state index in [9.17, 15) is 14.4 Å². The van der Waals surface area contributed by atoms with E-state index >= 15 is 0 Å². The van der Waals surface area contributed by atoms with E-state index in [4.69, 9.17) is 9.84 Å². The zero-order valence-electron chi connectivity index (χ0n) is 10.2. The Morgan fingerprint density at radius 3 is 2.53 bits per heavy atom. The molecule has 0 aromatic heterocycles. The van der Waals surface area contributed by atoms with E-state index < -0.39 is 29.4 Å². The van der Waals surface area contributed by atoms with E-state index in [1.807, 2.05) is 0 Å². The highest BCUT2D eigenvalue weighted by Gasteiger charge is 2.39. The third-order valence-electron chi connectivity index (χ3n) is 2.31. The number of carbonyl (C=O) groups is 3. The van der Waals surface area contributed by atoms with Crippen molar-refractivity contribution in [1.29, 1.82) is 0 Å². The fraction of sp³-hybridized carbons (Fsp3) is 0.727. The van der Waals surface area contributed by atoms with Crippen molar-refractivity contribution in [3.8, 4) is 0 Å². The van der Waals surface area contributed by atoms with Gasteiger partial charge in [-0.15, -0.1) is 0 Å². The molecule has 6 nitrogen and oxygen atoms in total. The second-order valence-electron chi connectivity index (χ2n) is 5.03. The van der Waals surface area contributed by atoms with Gasteiger partial charge in [0.05, 0.1) is 0 Å². The molecule has 1 saturated heterocycles. The van der Waals surface area contributed by atoms with Crippen LogP contribution in [0.4, 0.5) is 0 Å². The lowest BCUT2D eigenvalue weighted by molar-refractivity contribution is -0.163. The Labute approximate surface area is 99.5 Å². The van der Waals surface area contributed by atoms with E-state index in [2.05, 4.69) is 0 Å². The van der Waals surface area contributed by atoms with Gasteiger partial charge in [0.25, 0.3) is 0 Å². The topological polar surface area (TPSA) is 83.9 Å². The van der Waals surface area contributed by atoms with Crippen molar-refractivity contribution in [2.45, 2.75) is 32.8 Å². The number of nitrogens with zero attached hydrogens (tertiary/aromatic N) is 1. The molecule has 1 amide bonds. The summed E-state index contributed by atoms with van der Waals surface area (Å²) in [7, 11) is 0. The molecular formula is C11H17NO5. The van der Waals surface area contributed by atoms with Crippen molar-refractivity contribution in [2.24, 2.45) is 5.92 Å². The number of aliphatic carboxylic acids is 1. The number of rotatable bonds is 3. The molecule has 1 heterocycles. The first-order valence-electron chi connectivity index (χ1n) is 5.44. The molecule has 1 N–H and O–H groups in total. The van der Waals surface area contributed by atoms with Crippen molar-refractivity contribution in [2.75, 3.05) is 13.1 Å². The van der Waals surface area contributed by atoms with Crippen LogP contribution < -0.4 is 0 Å². The Hall–Kier alpha value is -1.59. The second kappa shape index (κ2) is 4.73. The predicted molar refractivity (Wildman–Crippen MR) is 58.2 cm³/mol. The smallest absolute Gasteiger partial charge is 0.323 e. The van der Waals surface area contributed by atoms with Gasteiger partial charge in [0.1, 0.15) is 18.1 Å². The van der Waals surface area contributed by atoms with Gasteiger partial charge in [0.2, 0.25) is 5.91 Å². The molecule has 96 valence electrons. The molecule has 1 aliphatic heterocycles. The standard InChI is InChI=1S/C11H17NO5/c1-11(2,3)17-10(16)7-4-5-12(9(7)15)6-8(13)14/h7H,4-6H2,1-3H3,(H,13,14). The van der Waals surface area contributed by atoms with Gasteiger partial charge in [-0.1, -0.05) is 0 Å². The minimum atomic E-state index is -1.08. The van der Waals surface area contributed by atoms with E-state index in [0.717, 1.165) is 4.90 Å². The number of hydrogen-bond donors (Lipinski definition) is 1. The quantitative estimate of drug-likeness (QED) is 0.568. The first-order valence-corrected chi connectivity index (χ1v) is 5.44. The van der Waals surface area contributed by atoms with Crippen LogP contribution in [0.1, 0.15) is 27.2 Å². The Morgan fingerprint density at radius 2 is 2.06 bits per heavy atom. The number of hydrogen-bond acceptors (Lipinski definition) is 4. The zero-order chi connectivity index (χ0) is 13.2. The lowest BCUT2D eigenvalue weighted by Crippen LogP contribution is -2.36. The monoisotopic (exact) mass is 243 g/mol. The third kappa shape index (κ3) is 3.72. The highest BCUT2D eigenvalue weighted by molar-refractivity contribution is 6.00. The summed E-state index contributed by atoms with van der Waals surface area (Å²) in [5, 5.41) is 8.59. The first-order chi connectivity index (χ1) is 7.70. The van der Waals surface area contributed by atoms with Gasteiger partial charge in [-0.3, -0.25) is 14.4 Å². The van der Waals surface area contributed by atoms with Crippen LogP contribution >= 0.6 is 0 Å². The molecule has 0 aromatic rings. The molecule has 6 heteroatoms. The second-order valence-corrected chi connectivity index (χ2v) is 5.03. The number of carboxylic acids is 1. The molecule has 1 rings (SSSR count). The fourth-order valence-corrected chi connectivity index (χ4v) is 1.65. The van der Waals surface area contributed by atoms with Crippen molar-refractivity contribution < 1.29 is 24.2 Å². The van der Waals surface area contributed by atoms with Gasteiger partial charge in [-0.2, -0.15) is 0 Å². The number of amides is 1. The van der Waals surface area contributed by atoms with Crippen LogP contribution in [0.3, 0.4) is 0 Å². The van der Waals surface area contributed by atoms with Crippen LogP contribution in [0.15, 0.2) is 0 Å². The van der Waals surface area contributed by atoms with Crippen molar-refractivity contribution in [3.05, 3.63) is 0 Å². The largest absolute Gasteiger partial charge is 0.480 e. The number of ether oxygens (including phenoxy) is 1. The average molecular weight is 243 g/mol. The number of likely N-dealkylation sites (tertiary alicyclic amines) is 1.